The Kier molecular flexibility index (Phi) is 4.06. The molecule has 1 aliphatic carbocycles. The molecule has 94 valence electrons. The lowest BCUT2D eigenvalue weighted by Crippen LogP contribution is -2.31. The van der Waals surface area contributed by atoms with E-state index in [0.29, 0.717) is 5.41 Å². The van der Waals surface area contributed by atoms with Gasteiger partial charge in [-0.05, 0) is 42.4 Å². The Morgan fingerprint density at radius 1 is 1.29 bits per heavy atom. The quantitative estimate of drug-likeness (QED) is 0.764. The maximum Gasteiger partial charge on any atom is 0.0317 e. The number of nitrogen functional groups attached to an aromatic ring is 1. The third-order valence-electron chi connectivity index (χ3n) is 4.19. The Morgan fingerprint density at radius 2 is 2.06 bits per heavy atom. The molecule has 0 amide bonds. The van der Waals surface area contributed by atoms with E-state index in [-0.39, 0.29) is 0 Å². The zero-order valence-electron chi connectivity index (χ0n) is 10.8. The monoisotopic (exact) mass is 232 g/mol. The van der Waals surface area contributed by atoms with Crippen LogP contribution < -0.4 is 11.1 Å². The van der Waals surface area contributed by atoms with E-state index in [2.05, 4.69) is 24.4 Å². The van der Waals surface area contributed by atoms with E-state index in [1.54, 1.807) is 0 Å². The Balaban J connectivity index is 1.82. The molecule has 0 saturated heterocycles. The van der Waals surface area contributed by atoms with Gasteiger partial charge in [0.05, 0.1) is 0 Å². The molecular formula is C15H24N2. The average Bonchev–Trinajstić information content (AvgIpc) is 2.79. The van der Waals surface area contributed by atoms with Gasteiger partial charge in [0.15, 0.2) is 0 Å². The molecule has 17 heavy (non-hydrogen) atoms. The molecule has 0 atom stereocenters. The lowest BCUT2D eigenvalue weighted by molar-refractivity contribution is 0.268. The summed E-state index contributed by atoms with van der Waals surface area (Å²) in [4.78, 5) is 0. The van der Waals surface area contributed by atoms with Crippen LogP contribution >= 0.6 is 0 Å². The molecule has 0 spiro atoms. The van der Waals surface area contributed by atoms with Gasteiger partial charge in [0.25, 0.3) is 0 Å². The molecule has 2 heteroatoms. The number of hydrogen-bond acceptors (Lipinski definition) is 2. The van der Waals surface area contributed by atoms with Crippen LogP contribution in [0.1, 0.15) is 44.6 Å². The average molecular weight is 232 g/mol. The van der Waals surface area contributed by atoms with Crippen molar-refractivity contribution in [1.82, 2.24) is 5.32 Å². The number of nitrogens with two attached hydrogens (primary N) is 1. The second-order valence-electron chi connectivity index (χ2n) is 5.41. The van der Waals surface area contributed by atoms with E-state index < -0.39 is 0 Å². The molecule has 1 saturated carbocycles. The van der Waals surface area contributed by atoms with Crippen LogP contribution in [0.15, 0.2) is 24.3 Å². The SMILES string of the molecule is CCC1(CNCc2cccc(N)c2)CCCC1. The number of nitrogens with one attached hydrogen (secondary N) is 1. The second-order valence-corrected chi connectivity index (χ2v) is 5.41. The van der Waals surface area contributed by atoms with Crippen LogP contribution in [0.2, 0.25) is 0 Å². The number of anilines is 1. The molecule has 2 rings (SSSR count). The molecule has 1 aliphatic rings. The molecule has 2 nitrogen and oxygen atoms in total. The minimum Gasteiger partial charge on any atom is -0.399 e. The molecule has 0 radical (unpaired) electrons. The summed E-state index contributed by atoms with van der Waals surface area (Å²) in [5, 5.41) is 3.61. The van der Waals surface area contributed by atoms with Crippen LogP contribution in [0.25, 0.3) is 0 Å². The van der Waals surface area contributed by atoms with Gasteiger partial charge in [-0.3, -0.25) is 0 Å². The van der Waals surface area contributed by atoms with Gasteiger partial charge in [0.1, 0.15) is 0 Å². The zero-order valence-corrected chi connectivity index (χ0v) is 10.8. The van der Waals surface area contributed by atoms with E-state index in [0.717, 1.165) is 18.8 Å². The van der Waals surface area contributed by atoms with Crippen LogP contribution in [0.5, 0.6) is 0 Å². The summed E-state index contributed by atoms with van der Waals surface area (Å²) in [7, 11) is 0. The Labute approximate surface area is 105 Å². The first-order valence-electron chi connectivity index (χ1n) is 6.79. The largest absolute Gasteiger partial charge is 0.399 e. The minimum absolute atomic E-state index is 0.570. The molecule has 0 unspecified atom stereocenters. The predicted molar refractivity (Wildman–Crippen MR) is 73.8 cm³/mol. The number of benzene rings is 1. The fraction of sp³-hybridized carbons (Fsp3) is 0.600. The van der Waals surface area contributed by atoms with Crippen molar-refractivity contribution in [3.05, 3.63) is 29.8 Å². The van der Waals surface area contributed by atoms with Crippen LogP contribution in [-0.2, 0) is 6.54 Å². The third-order valence-corrected chi connectivity index (χ3v) is 4.19. The molecule has 0 heterocycles. The molecule has 0 bridgehead atoms. The predicted octanol–water partition coefficient (Wildman–Crippen LogP) is 3.33. The van der Waals surface area contributed by atoms with E-state index in [1.165, 1.54) is 37.7 Å². The lowest BCUT2D eigenvalue weighted by Gasteiger charge is -2.27. The van der Waals surface area contributed by atoms with Crippen LogP contribution in [0, 0.1) is 5.41 Å². The van der Waals surface area contributed by atoms with Crippen molar-refractivity contribution in [2.75, 3.05) is 12.3 Å². The molecule has 3 N–H and O–H groups in total. The van der Waals surface area contributed by atoms with Crippen molar-refractivity contribution >= 4 is 5.69 Å². The summed E-state index contributed by atoms with van der Waals surface area (Å²) in [5.41, 5.74) is 8.49. The molecule has 1 aromatic rings. The van der Waals surface area contributed by atoms with Crippen molar-refractivity contribution in [3.63, 3.8) is 0 Å². The molecule has 1 aromatic carbocycles. The maximum absolute atomic E-state index is 5.78. The maximum atomic E-state index is 5.78. The van der Waals surface area contributed by atoms with Crippen LogP contribution in [0.4, 0.5) is 5.69 Å². The fourth-order valence-corrected chi connectivity index (χ4v) is 2.96. The fourth-order valence-electron chi connectivity index (χ4n) is 2.96. The normalized spacial score (nSPS) is 18.4. The zero-order chi connectivity index (χ0) is 12.1. The van der Waals surface area contributed by atoms with Gasteiger partial charge in [-0.15, -0.1) is 0 Å². The highest BCUT2D eigenvalue weighted by Gasteiger charge is 2.31. The van der Waals surface area contributed by atoms with Gasteiger partial charge < -0.3 is 11.1 Å². The Hall–Kier alpha value is -1.02. The smallest absolute Gasteiger partial charge is 0.0317 e. The van der Waals surface area contributed by atoms with Crippen LogP contribution in [-0.4, -0.2) is 6.54 Å². The van der Waals surface area contributed by atoms with E-state index in [4.69, 9.17) is 5.73 Å². The van der Waals surface area contributed by atoms with Crippen molar-refractivity contribution in [2.24, 2.45) is 5.41 Å². The van der Waals surface area contributed by atoms with Crippen molar-refractivity contribution in [2.45, 2.75) is 45.6 Å². The first-order chi connectivity index (χ1) is 8.24. The summed E-state index contributed by atoms with van der Waals surface area (Å²) < 4.78 is 0. The first-order valence-corrected chi connectivity index (χ1v) is 6.79. The standard InChI is InChI=1S/C15H24N2/c1-2-15(8-3-4-9-15)12-17-11-13-6-5-7-14(16)10-13/h5-7,10,17H,2-4,8-9,11-12,16H2,1H3. The van der Waals surface area contributed by atoms with Gasteiger partial charge in [-0.25, -0.2) is 0 Å². The molecule has 1 fully saturated rings. The summed E-state index contributed by atoms with van der Waals surface area (Å²) >= 11 is 0. The highest BCUT2D eigenvalue weighted by Crippen LogP contribution is 2.40. The van der Waals surface area contributed by atoms with Crippen molar-refractivity contribution in [3.8, 4) is 0 Å². The van der Waals surface area contributed by atoms with Gasteiger partial charge >= 0.3 is 0 Å². The molecule has 0 aromatic heterocycles. The lowest BCUT2D eigenvalue weighted by atomic mass is 9.83. The van der Waals surface area contributed by atoms with Crippen molar-refractivity contribution < 1.29 is 0 Å². The highest BCUT2D eigenvalue weighted by molar-refractivity contribution is 5.40. The van der Waals surface area contributed by atoms with E-state index in [9.17, 15) is 0 Å². The summed E-state index contributed by atoms with van der Waals surface area (Å²) in [5.74, 6) is 0. The van der Waals surface area contributed by atoms with Gasteiger partial charge in [0.2, 0.25) is 0 Å². The number of rotatable bonds is 5. The topological polar surface area (TPSA) is 38.0 Å². The van der Waals surface area contributed by atoms with Gasteiger partial charge in [0, 0.05) is 18.8 Å². The van der Waals surface area contributed by atoms with Gasteiger partial charge in [-0.1, -0.05) is 31.9 Å². The van der Waals surface area contributed by atoms with E-state index >= 15 is 0 Å². The Bertz CT molecular complexity index is 354. The summed E-state index contributed by atoms with van der Waals surface area (Å²) in [6.07, 6.45) is 6.92. The number of hydrogen-bond donors (Lipinski definition) is 2. The van der Waals surface area contributed by atoms with Crippen LogP contribution in [0.3, 0.4) is 0 Å². The highest BCUT2D eigenvalue weighted by atomic mass is 14.9. The Morgan fingerprint density at radius 3 is 2.71 bits per heavy atom. The molecule has 0 aliphatic heterocycles. The van der Waals surface area contributed by atoms with E-state index in [1.807, 2.05) is 12.1 Å². The summed E-state index contributed by atoms with van der Waals surface area (Å²) in [6.45, 7) is 4.42. The third kappa shape index (κ3) is 3.22. The van der Waals surface area contributed by atoms with Crippen molar-refractivity contribution in [1.29, 1.82) is 0 Å². The second kappa shape index (κ2) is 5.54. The van der Waals surface area contributed by atoms with Gasteiger partial charge in [-0.2, -0.15) is 0 Å². The molecular weight excluding hydrogens is 208 g/mol. The first kappa shape index (κ1) is 12.4. The minimum atomic E-state index is 0.570. The summed E-state index contributed by atoms with van der Waals surface area (Å²) in [6, 6.07) is 8.16.